The van der Waals surface area contributed by atoms with Crippen molar-refractivity contribution < 1.29 is 19.1 Å². The molecule has 0 saturated carbocycles. The van der Waals surface area contributed by atoms with Gasteiger partial charge in [-0.3, -0.25) is 9.48 Å². The number of rotatable bonds is 3. The number of hydrogen-bond donors (Lipinski definition) is 1. The van der Waals surface area contributed by atoms with E-state index in [1.807, 2.05) is 11.9 Å². The Morgan fingerprint density at radius 3 is 2.39 bits per heavy atom. The number of anilines is 1. The Balaban J connectivity index is 1.47. The first-order chi connectivity index (χ1) is 15.0. The summed E-state index contributed by atoms with van der Waals surface area (Å²) in [6, 6.07) is 6.28. The molecule has 3 amide bonds. The molecule has 2 aromatic rings. The lowest BCUT2D eigenvalue weighted by molar-refractivity contribution is 0.0600. The molecule has 2 aliphatic rings. The second kappa shape index (κ2) is 8.79. The molecule has 0 spiro atoms. The Labute approximate surface area is 180 Å². The Morgan fingerprint density at radius 2 is 1.71 bits per heavy atom. The minimum absolute atomic E-state index is 0.0443. The molecule has 0 unspecified atom stereocenters. The van der Waals surface area contributed by atoms with E-state index in [1.165, 1.54) is 7.11 Å². The average Bonchev–Trinajstić information content (AvgIpc) is 3.15. The van der Waals surface area contributed by atoms with Gasteiger partial charge in [0.05, 0.1) is 19.2 Å². The van der Waals surface area contributed by atoms with Gasteiger partial charge in [-0.25, -0.2) is 9.59 Å². The van der Waals surface area contributed by atoms with Gasteiger partial charge < -0.3 is 19.9 Å². The minimum Gasteiger partial charge on any atom is -0.465 e. The second-order valence-corrected chi connectivity index (χ2v) is 7.92. The van der Waals surface area contributed by atoms with Gasteiger partial charge in [0, 0.05) is 50.0 Å². The molecule has 0 bridgehead atoms. The van der Waals surface area contributed by atoms with E-state index in [-0.39, 0.29) is 11.9 Å². The molecule has 9 nitrogen and oxygen atoms in total. The lowest BCUT2D eigenvalue weighted by atomic mass is 10.0. The molecule has 0 atom stereocenters. The van der Waals surface area contributed by atoms with Crippen LogP contribution < -0.4 is 5.32 Å². The molecule has 3 heterocycles. The van der Waals surface area contributed by atoms with Crippen molar-refractivity contribution in [3.8, 4) is 0 Å². The van der Waals surface area contributed by atoms with Crippen LogP contribution in [0.5, 0.6) is 0 Å². The van der Waals surface area contributed by atoms with Gasteiger partial charge in [0.25, 0.3) is 5.91 Å². The van der Waals surface area contributed by atoms with E-state index >= 15 is 0 Å². The van der Waals surface area contributed by atoms with Crippen LogP contribution in [0.4, 0.5) is 10.5 Å². The zero-order valence-electron chi connectivity index (χ0n) is 17.9. The molecule has 1 aromatic heterocycles. The van der Waals surface area contributed by atoms with Crippen LogP contribution in [0.2, 0.25) is 0 Å². The quantitative estimate of drug-likeness (QED) is 0.762. The van der Waals surface area contributed by atoms with Crippen LogP contribution in [0, 0.1) is 0 Å². The number of benzene rings is 1. The maximum Gasteiger partial charge on any atom is 0.337 e. The van der Waals surface area contributed by atoms with E-state index in [1.54, 1.807) is 33.8 Å². The molecule has 1 saturated heterocycles. The predicted octanol–water partition coefficient (Wildman–Crippen LogP) is 2.42. The fourth-order valence-corrected chi connectivity index (χ4v) is 4.19. The Hall–Kier alpha value is -3.36. The largest absolute Gasteiger partial charge is 0.465 e. The zero-order valence-corrected chi connectivity index (χ0v) is 17.9. The van der Waals surface area contributed by atoms with Gasteiger partial charge in [0.15, 0.2) is 5.69 Å². The summed E-state index contributed by atoms with van der Waals surface area (Å²) in [5.41, 5.74) is 3.30. The number of carbonyl (C=O) groups is 3. The van der Waals surface area contributed by atoms with Crippen molar-refractivity contribution in [3.63, 3.8) is 0 Å². The summed E-state index contributed by atoms with van der Waals surface area (Å²) in [5, 5.41) is 7.36. The SMILES string of the molecule is COC(=O)c1ccc(NC(=O)N2CCc3c(c(C(=O)N4CCCCC4)nn3C)C2)cc1. The first-order valence-electron chi connectivity index (χ1n) is 10.6. The standard InChI is InChI=1S/C22H27N5O4/c1-25-18-10-13-27(22(30)23-16-8-6-15(7-9-16)21(29)31-2)14-17(18)19(24-25)20(28)26-11-4-3-5-12-26/h6-9H,3-5,10-14H2,1-2H3,(H,23,30). The number of piperidine rings is 1. The zero-order chi connectivity index (χ0) is 22.0. The van der Waals surface area contributed by atoms with Crippen LogP contribution in [-0.4, -0.2) is 64.2 Å². The highest BCUT2D eigenvalue weighted by Crippen LogP contribution is 2.25. The van der Waals surface area contributed by atoms with Gasteiger partial charge in [-0.15, -0.1) is 0 Å². The highest BCUT2D eigenvalue weighted by Gasteiger charge is 2.31. The number of ether oxygens (including phenoxy) is 1. The molecule has 4 rings (SSSR count). The van der Waals surface area contributed by atoms with Crippen molar-refractivity contribution in [2.45, 2.75) is 32.2 Å². The molecule has 1 N–H and O–H groups in total. The van der Waals surface area contributed by atoms with Crippen molar-refractivity contribution >= 4 is 23.6 Å². The average molecular weight is 425 g/mol. The molecule has 1 aromatic carbocycles. The summed E-state index contributed by atoms with van der Waals surface area (Å²) in [7, 11) is 3.18. The van der Waals surface area contributed by atoms with Crippen molar-refractivity contribution in [3.05, 3.63) is 46.8 Å². The van der Waals surface area contributed by atoms with Gasteiger partial charge in [0.1, 0.15) is 0 Å². The van der Waals surface area contributed by atoms with Crippen LogP contribution in [0.3, 0.4) is 0 Å². The van der Waals surface area contributed by atoms with Crippen LogP contribution in [0.25, 0.3) is 0 Å². The third kappa shape index (κ3) is 4.26. The number of nitrogens with zero attached hydrogens (tertiary/aromatic N) is 4. The van der Waals surface area contributed by atoms with Crippen molar-refractivity contribution in [1.29, 1.82) is 0 Å². The highest BCUT2D eigenvalue weighted by atomic mass is 16.5. The third-order valence-corrected chi connectivity index (χ3v) is 5.93. The van der Waals surface area contributed by atoms with Gasteiger partial charge in [-0.2, -0.15) is 5.10 Å². The van der Waals surface area contributed by atoms with Gasteiger partial charge in [-0.1, -0.05) is 0 Å². The Bertz CT molecular complexity index is 992. The molecule has 164 valence electrons. The summed E-state index contributed by atoms with van der Waals surface area (Å²) >= 11 is 0. The lowest BCUT2D eigenvalue weighted by Gasteiger charge is -2.29. The normalized spacial score (nSPS) is 15.9. The van der Waals surface area contributed by atoms with E-state index in [0.717, 1.165) is 43.6 Å². The van der Waals surface area contributed by atoms with E-state index in [2.05, 4.69) is 15.2 Å². The molecule has 1 fully saturated rings. The monoisotopic (exact) mass is 425 g/mol. The molecule has 2 aliphatic heterocycles. The number of methoxy groups -OCH3 is 1. The van der Waals surface area contributed by atoms with Gasteiger partial charge in [0.2, 0.25) is 0 Å². The fourth-order valence-electron chi connectivity index (χ4n) is 4.19. The van der Waals surface area contributed by atoms with E-state index in [0.29, 0.717) is 36.5 Å². The number of nitrogens with one attached hydrogen (secondary N) is 1. The summed E-state index contributed by atoms with van der Waals surface area (Å²) < 4.78 is 6.46. The summed E-state index contributed by atoms with van der Waals surface area (Å²) in [6.45, 7) is 2.39. The summed E-state index contributed by atoms with van der Waals surface area (Å²) in [4.78, 5) is 41.0. The van der Waals surface area contributed by atoms with Crippen LogP contribution >= 0.6 is 0 Å². The number of urea groups is 1. The van der Waals surface area contributed by atoms with Crippen LogP contribution in [0.15, 0.2) is 24.3 Å². The topological polar surface area (TPSA) is 96.8 Å². The van der Waals surface area contributed by atoms with Crippen LogP contribution in [-0.2, 0) is 24.8 Å². The fraction of sp³-hybridized carbons (Fsp3) is 0.455. The van der Waals surface area contributed by atoms with Crippen LogP contribution in [0.1, 0.15) is 51.4 Å². The molecular formula is C22H27N5O4. The molecule has 0 aliphatic carbocycles. The number of likely N-dealkylation sites (tertiary alicyclic amines) is 1. The number of esters is 1. The number of aromatic nitrogens is 2. The smallest absolute Gasteiger partial charge is 0.337 e. The van der Waals surface area contributed by atoms with Crippen molar-refractivity contribution in [1.82, 2.24) is 19.6 Å². The van der Waals surface area contributed by atoms with Crippen molar-refractivity contribution in [2.75, 3.05) is 32.1 Å². The number of amides is 3. The maximum absolute atomic E-state index is 13.1. The van der Waals surface area contributed by atoms with E-state index < -0.39 is 5.97 Å². The molecule has 31 heavy (non-hydrogen) atoms. The number of carbonyl (C=O) groups excluding carboxylic acids is 3. The first-order valence-corrected chi connectivity index (χ1v) is 10.6. The minimum atomic E-state index is -0.427. The van der Waals surface area contributed by atoms with Gasteiger partial charge in [-0.05, 0) is 43.5 Å². The predicted molar refractivity (Wildman–Crippen MR) is 114 cm³/mol. The molecular weight excluding hydrogens is 398 g/mol. The van der Waals surface area contributed by atoms with E-state index in [4.69, 9.17) is 0 Å². The Morgan fingerprint density at radius 1 is 1.00 bits per heavy atom. The molecule has 0 radical (unpaired) electrons. The highest BCUT2D eigenvalue weighted by molar-refractivity contribution is 5.95. The number of fused-ring (bicyclic) bond motifs is 1. The third-order valence-electron chi connectivity index (χ3n) is 5.93. The van der Waals surface area contributed by atoms with Crippen molar-refractivity contribution in [2.24, 2.45) is 7.05 Å². The summed E-state index contributed by atoms with van der Waals surface area (Å²) in [5.74, 6) is -0.471. The molecule has 9 heteroatoms. The second-order valence-electron chi connectivity index (χ2n) is 7.92. The van der Waals surface area contributed by atoms with E-state index in [9.17, 15) is 14.4 Å². The maximum atomic E-state index is 13.1. The number of hydrogen-bond acceptors (Lipinski definition) is 5. The Kier molecular flexibility index (Phi) is 5.92. The first kappa shape index (κ1) is 20.9. The van der Waals surface area contributed by atoms with Gasteiger partial charge >= 0.3 is 12.0 Å². The lowest BCUT2D eigenvalue weighted by Crippen LogP contribution is -2.40. The summed E-state index contributed by atoms with van der Waals surface area (Å²) in [6.07, 6.45) is 3.83. The number of aryl methyl sites for hydroxylation is 1.